The van der Waals surface area contributed by atoms with Gasteiger partial charge in [-0.3, -0.25) is 9.59 Å². The van der Waals surface area contributed by atoms with Crippen molar-refractivity contribution in [3.05, 3.63) is 35.9 Å². The third kappa shape index (κ3) is 4.88. The molecule has 0 bridgehead atoms. The largest absolute Gasteiger partial charge is 0.481 e. The topological polar surface area (TPSA) is 57.6 Å². The molecule has 0 aromatic heterocycles. The first-order valence-electron chi connectivity index (χ1n) is 7.64. The van der Waals surface area contributed by atoms with Gasteiger partial charge < -0.3 is 10.0 Å². The fraction of sp³-hybridized carbons (Fsp3) is 0.529. The highest BCUT2D eigenvalue weighted by atomic mass is 16.4. The number of carboxylic acid groups (broad SMARTS) is 1. The molecule has 21 heavy (non-hydrogen) atoms. The summed E-state index contributed by atoms with van der Waals surface area (Å²) in [5.41, 5.74) is 1.24. The maximum Gasteiger partial charge on any atom is 0.308 e. The average Bonchev–Trinajstić information content (AvgIpc) is 3.29. The molecule has 0 heterocycles. The number of nitrogens with zero attached hydrogens (tertiary/aromatic N) is 1. The third-order valence-electron chi connectivity index (χ3n) is 3.90. The fourth-order valence-corrected chi connectivity index (χ4v) is 2.45. The van der Waals surface area contributed by atoms with Crippen molar-refractivity contribution in [2.45, 2.75) is 45.1 Å². The van der Waals surface area contributed by atoms with Crippen LogP contribution in [0.3, 0.4) is 0 Å². The summed E-state index contributed by atoms with van der Waals surface area (Å²) in [6.07, 6.45) is 4.22. The van der Waals surface area contributed by atoms with Gasteiger partial charge in [0.15, 0.2) is 0 Å². The van der Waals surface area contributed by atoms with Crippen molar-refractivity contribution in [2.75, 3.05) is 6.54 Å². The Labute approximate surface area is 125 Å². The molecule has 1 fully saturated rings. The minimum Gasteiger partial charge on any atom is -0.481 e. The van der Waals surface area contributed by atoms with Gasteiger partial charge in [0.05, 0.1) is 5.92 Å². The molecule has 1 amide bonds. The second kappa shape index (κ2) is 7.25. The Bertz CT molecular complexity index is 482. The summed E-state index contributed by atoms with van der Waals surface area (Å²) in [6, 6.07) is 10.4. The monoisotopic (exact) mass is 289 g/mol. The molecule has 114 valence electrons. The lowest BCUT2D eigenvalue weighted by atomic mass is 10.1. The van der Waals surface area contributed by atoms with Gasteiger partial charge in [-0.1, -0.05) is 37.3 Å². The van der Waals surface area contributed by atoms with E-state index in [2.05, 4.69) is 12.1 Å². The van der Waals surface area contributed by atoms with Crippen LogP contribution in [0.15, 0.2) is 30.3 Å². The van der Waals surface area contributed by atoms with Crippen LogP contribution in [0.5, 0.6) is 0 Å². The van der Waals surface area contributed by atoms with Crippen LogP contribution in [0.25, 0.3) is 0 Å². The summed E-state index contributed by atoms with van der Waals surface area (Å²) in [6.45, 7) is 2.00. The van der Waals surface area contributed by atoms with E-state index >= 15 is 0 Å². The molecule has 1 aromatic carbocycles. The van der Waals surface area contributed by atoms with E-state index in [1.807, 2.05) is 18.2 Å². The maximum absolute atomic E-state index is 12.3. The molecule has 1 aliphatic rings. The fourth-order valence-electron chi connectivity index (χ4n) is 2.45. The molecule has 1 atom stereocenters. The van der Waals surface area contributed by atoms with Crippen molar-refractivity contribution in [3.63, 3.8) is 0 Å². The van der Waals surface area contributed by atoms with Crippen LogP contribution in [0.1, 0.15) is 38.2 Å². The Kier molecular flexibility index (Phi) is 5.37. The summed E-state index contributed by atoms with van der Waals surface area (Å²) in [5.74, 6) is -1.23. The Morgan fingerprint density at radius 1 is 1.29 bits per heavy atom. The van der Waals surface area contributed by atoms with Crippen LogP contribution in [0.4, 0.5) is 0 Å². The number of rotatable bonds is 8. The van der Waals surface area contributed by atoms with E-state index in [4.69, 9.17) is 5.11 Å². The predicted octanol–water partition coefficient (Wildman–Crippen LogP) is 2.72. The molecule has 0 spiro atoms. The van der Waals surface area contributed by atoms with Gasteiger partial charge in [-0.25, -0.2) is 0 Å². The molecule has 2 rings (SSSR count). The van der Waals surface area contributed by atoms with Crippen molar-refractivity contribution in [2.24, 2.45) is 5.92 Å². The lowest BCUT2D eigenvalue weighted by molar-refractivity contribution is -0.143. The molecule has 0 radical (unpaired) electrons. The van der Waals surface area contributed by atoms with Crippen LogP contribution < -0.4 is 0 Å². The Morgan fingerprint density at radius 2 is 1.95 bits per heavy atom. The van der Waals surface area contributed by atoms with Crippen molar-refractivity contribution < 1.29 is 14.7 Å². The van der Waals surface area contributed by atoms with Gasteiger partial charge in [-0.2, -0.15) is 0 Å². The molecule has 4 nitrogen and oxygen atoms in total. The van der Waals surface area contributed by atoms with Gasteiger partial charge in [-0.05, 0) is 31.2 Å². The van der Waals surface area contributed by atoms with Crippen molar-refractivity contribution >= 4 is 11.9 Å². The maximum atomic E-state index is 12.3. The number of aryl methyl sites for hydroxylation is 1. The van der Waals surface area contributed by atoms with Gasteiger partial charge >= 0.3 is 5.97 Å². The summed E-state index contributed by atoms with van der Waals surface area (Å²) in [5, 5.41) is 9.00. The zero-order valence-corrected chi connectivity index (χ0v) is 12.5. The first kappa shape index (κ1) is 15.5. The summed E-state index contributed by atoms with van der Waals surface area (Å²) in [4.78, 5) is 25.0. The van der Waals surface area contributed by atoms with Gasteiger partial charge in [0.2, 0.25) is 5.91 Å². The molecule has 0 saturated heterocycles. The van der Waals surface area contributed by atoms with Crippen molar-refractivity contribution in [1.29, 1.82) is 0 Å². The standard InChI is InChI=1S/C17H23NO3/c1-13(17(20)21)12-18(15-10-11-15)16(19)9-5-8-14-6-3-2-4-7-14/h2-4,6-7,13,15H,5,8-12H2,1H3,(H,20,21). The first-order chi connectivity index (χ1) is 10.1. The predicted molar refractivity (Wildman–Crippen MR) is 80.9 cm³/mol. The quantitative estimate of drug-likeness (QED) is 0.800. The number of aliphatic carboxylic acids is 1. The number of amides is 1. The highest BCUT2D eigenvalue weighted by Crippen LogP contribution is 2.28. The SMILES string of the molecule is CC(CN(C(=O)CCCc1ccccc1)C1CC1)C(=O)O. The number of carbonyl (C=O) groups is 2. The first-order valence-corrected chi connectivity index (χ1v) is 7.64. The Morgan fingerprint density at radius 3 is 2.52 bits per heavy atom. The zero-order valence-electron chi connectivity index (χ0n) is 12.5. The lowest BCUT2D eigenvalue weighted by Crippen LogP contribution is -2.38. The van der Waals surface area contributed by atoms with E-state index in [0.29, 0.717) is 13.0 Å². The minimum absolute atomic E-state index is 0.0986. The van der Waals surface area contributed by atoms with Crippen LogP contribution in [0.2, 0.25) is 0 Å². The van der Waals surface area contributed by atoms with Crippen LogP contribution >= 0.6 is 0 Å². The summed E-state index contributed by atoms with van der Waals surface area (Å²) in [7, 11) is 0. The third-order valence-corrected chi connectivity index (χ3v) is 3.90. The van der Waals surface area contributed by atoms with Gasteiger partial charge in [0.25, 0.3) is 0 Å². The molecular weight excluding hydrogens is 266 g/mol. The molecule has 1 N–H and O–H groups in total. The Balaban J connectivity index is 1.80. The molecule has 4 heteroatoms. The minimum atomic E-state index is -0.835. The highest BCUT2D eigenvalue weighted by Gasteiger charge is 2.33. The van der Waals surface area contributed by atoms with Crippen LogP contribution in [-0.4, -0.2) is 34.5 Å². The second-order valence-electron chi connectivity index (χ2n) is 5.86. The summed E-state index contributed by atoms with van der Waals surface area (Å²) >= 11 is 0. The molecule has 1 aliphatic carbocycles. The second-order valence-corrected chi connectivity index (χ2v) is 5.86. The van der Waals surface area contributed by atoms with Crippen LogP contribution in [-0.2, 0) is 16.0 Å². The average molecular weight is 289 g/mol. The van der Waals surface area contributed by atoms with Crippen molar-refractivity contribution in [3.8, 4) is 0 Å². The number of benzene rings is 1. The number of hydrogen-bond donors (Lipinski definition) is 1. The number of carboxylic acids is 1. The van der Waals surface area contributed by atoms with E-state index in [1.54, 1.807) is 11.8 Å². The van der Waals surface area contributed by atoms with E-state index in [-0.39, 0.29) is 11.9 Å². The van der Waals surface area contributed by atoms with Crippen molar-refractivity contribution in [1.82, 2.24) is 4.90 Å². The highest BCUT2D eigenvalue weighted by molar-refractivity contribution is 5.78. The zero-order chi connectivity index (χ0) is 15.2. The molecule has 1 saturated carbocycles. The van der Waals surface area contributed by atoms with E-state index in [9.17, 15) is 9.59 Å². The molecule has 0 aliphatic heterocycles. The van der Waals surface area contributed by atoms with E-state index < -0.39 is 11.9 Å². The number of carbonyl (C=O) groups excluding carboxylic acids is 1. The molecular formula is C17H23NO3. The molecule has 1 aromatic rings. The lowest BCUT2D eigenvalue weighted by Gasteiger charge is -2.24. The van der Waals surface area contributed by atoms with Gasteiger partial charge in [0, 0.05) is 19.0 Å². The molecule has 1 unspecified atom stereocenters. The Hall–Kier alpha value is -1.84. The van der Waals surface area contributed by atoms with Crippen LogP contribution in [0, 0.1) is 5.92 Å². The normalized spacial score (nSPS) is 15.5. The van der Waals surface area contributed by atoms with Gasteiger partial charge in [0.1, 0.15) is 0 Å². The number of hydrogen-bond acceptors (Lipinski definition) is 2. The van der Waals surface area contributed by atoms with Gasteiger partial charge in [-0.15, -0.1) is 0 Å². The van der Waals surface area contributed by atoms with E-state index in [0.717, 1.165) is 25.7 Å². The summed E-state index contributed by atoms with van der Waals surface area (Å²) < 4.78 is 0. The smallest absolute Gasteiger partial charge is 0.308 e. The van der Waals surface area contributed by atoms with E-state index in [1.165, 1.54) is 5.56 Å².